The first kappa shape index (κ1) is 7.07. The van der Waals surface area contributed by atoms with Gasteiger partial charge in [0.05, 0.1) is 11.5 Å². The zero-order valence-electron chi connectivity index (χ0n) is 7.21. The molecule has 0 radical (unpaired) electrons. The Morgan fingerprint density at radius 1 is 1.33 bits per heavy atom. The first-order valence-electron chi connectivity index (χ1n) is 5.00. The lowest BCUT2D eigenvalue weighted by Crippen LogP contribution is -2.58. The maximum atomic E-state index is 11.8. The smallest absolute Gasteiger partial charge is 0.147 e. The second-order valence-electron chi connectivity index (χ2n) is 4.41. The number of hydrogen-bond acceptors (Lipinski definition) is 2. The molecule has 0 aromatic rings. The van der Waals surface area contributed by atoms with E-state index >= 15 is 0 Å². The summed E-state index contributed by atoms with van der Waals surface area (Å²) < 4.78 is 5.64. The molecule has 2 nitrogen and oxygen atoms in total. The van der Waals surface area contributed by atoms with Gasteiger partial charge in [-0.3, -0.25) is 4.79 Å². The SMILES string of the molecule is O=C1C2CCOC2C12CCCC2. The molecule has 3 fully saturated rings. The van der Waals surface area contributed by atoms with Crippen molar-refractivity contribution in [2.75, 3.05) is 6.61 Å². The number of rotatable bonds is 0. The molecule has 0 N–H and O–H groups in total. The van der Waals surface area contributed by atoms with Gasteiger partial charge in [-0.05, 0) is 19.3 Å². The Morgan fingerprint density at radius 3 is 2.83 bits per heavy atom. The summed E-state index contributed by atoms with van der Waals surface area (Å²) in [6.07, 6.45) is 5.99. The molecule has 0 bridgehead atoms. The highest BCUT2D eigenvalue weighted by Crippen LogP contribution is 2.57. The first-order valence-corrected chi connectivity index (χ1v) is 5.00. The molecule has 2 atom stereocenters. The van der Waals surface area contributed by atoms with Crippen molar-refractivity contribution in [1.82, 2.24) is 0 Å². The highest BCUT2D eigenvalue weighted by molar-refractivity contribution is 5.95. The third-order valence-electron chi connectivity index (χ3n) is 3.96. The minimum absolute atomic E-state index is 0.0150. The van der Waals surface area contributed by atoms with E-state index in [1.54, 1.807) is 0 Å². The molecule has 3 aliphatic rings. The van der Waals surface area contributed by atoms with E-state index in [2.05, 4.69) is 0 Å². The molecule has 0 aromatic heterocycles. The third-order valence-corrected chi connectivity index (χ3v) is 3.96. The zero-order chi connectivity index (χ0) is 8.18. The van der Waals surface area contributed by atoms with Crippen LogP contribution < -0.4 is 0 Å². The Hall–Kier alpha value is -0.370. The largest absolute Gasteiger partial charge is 0.376 e. The van der Waals surface area contributed by atoms with E-state index in [4.69, 9.17) is 4.74 Å². The highest BCUT2D eigenvalue weighted by atomic mass is 16.5. The topological polar surface area (TPSA) is 26.3 Å². The predicted molar refractivity (Wildman–Crippen MR) is 43.8 cm³/mol. The van der Waals surface area contributed by atoms with Crippen LogP contribution in [0.15, 0.2) is 0 Å². The molecule has 1 spiro atoms. The van der Waals surface area contributed by atoms with Crippen LogP contribution in [0.1, 0.15) is 32.1 Å². The minimum atomic E-state index is 0.0150. The lowest BCUT2D eigenvalue weighted by atomic mass is 9.57. The molecule has 66 valence electrons. The molecule has 12 heavy (non-hydrogen) atoms. The highest BCUT2D eigenvalue weighted by Gasteiger charge is 2.64. The normalized spacial score (nSPS) is 43.2. The minimum Gasteiger partial charge on any atom is -0.376 e. The lowest BCUT2D eigenvalue weighted by Gasteiger charge is -2.47. The standard InChI is InChI=1S/C10H14O2/c11-8-7-3-6-12-9(7)10(8)4-1-2-5-10/h7,9H,1-6H2. The van der Waals surface area contributed by atoms with Crippen LogP contribution in [0.4, 0.5) is 0 Å². The molecule has 1 saturated heterocycles. The molecular weight excluding hydrogens is 152 g/mol. The first-order chi connectivity index (χ1) is 5.84. The van der Waals surface area contributed by atoms with Crippen molar-refractivity contribution in [2.24, 2.45) is 11.3 Å². The second-order valence-corrected chi connectivity index (χ2v) is 4.41. The van der Waals surface area contributed by atoms with Crippen molar-refractivity contribution in [3.8, 4) is 0 Å². The Kier molecular flexibility index (Phi) is 1.24. The molecule has 2 saturated carbocycles. The van der Waals surface area contributed by atoms with Crippen LogP contribution >= 0.6 is 0 Å². The molecule has 0 aromatic carbocycles. The number of carbonyl (C=O) groups is 1. The summed E-state index contributed by atoms with van der Waals surface area (Å²) in [7, 11) is 0. The molecular formula is C10H14O2. The Bertz CT molecular complexity index is 228. The summed E-state index contributed by atoms with van der Waals surface area (Å²) in [5.41, 5.74) is 0.0150. The number of Topliss-reactive ketones (excluding diaryl/α,β-unsaturated/α-hetero) is 1. The van der Waals surface area contributed by atoms with Crippen molar-refractivity contribution in [3.63, 3.8) is 0 Å². The van der Waals surface area contributed by atoms with Crippen LogP contribution in [0, 0.1) is 11.3 Å². The van der Waals surface area contributed by atoms with E-state index in [0.29, 0.717) is 17.8 Å². The summed E-state index contributed by atoms with van der Waals surface area (Å²) in [5, 5.41) is 0. The van der Waals surface area contributed by atoms with Gasteiger partial charge in [-0.15, -0.1) is 0 Å². The number of hydrogen-bond donors (Lipinski definition) is 0. The van der Waals surface area contributed by atoms with Gasteiger partial charge in [0.25, 0.3) is 0 Å². The van der Waals surface area contributed by atoms with Gasteiger partial charge in [0.15, 0.2) is 0 Å². The van der Waals surface area contributed by atoms with Crippen molar-refractivity contribution >= 4 is 5.78 Å². The van der Waals surface area contributed by atoms with Gasteiger partial charge in [-0.2, -0.15) is 0 Å². The summed E-state index contributed by atoms with van der Waals surface area (Å²) in [6, 6.07) is 0. The van der Waals surface area contributed by atoms with E-state index in [1.165, 1.54) is 12.8 Å². The van der Waals surface area contributed by atoms with Crippen molar-refractivity contribution in [3.05, 3.63) is 0 Å². The Labute approximate surface area is 72.3 Å². The van der Waals surface area contributed by atoms with Gasteiger partial charge in [0, 0.05) is 12.5 Å². The van der Waals surface area contributed by atoms with Gasteiger partial charge < -0.3 is 4.74 Å². The monoisotopic (exact) mass is 166 g/mol. The molecule has 1 heterocycles. The number of ketones is 1. The molecule has 2 aliphatic carbocycles. The van der Waals surface area contributed by atoms with Gasteiger partial charge in [0.1, 0.15) is 5.78 Å². The van der Waals surface area contributed by atoms with E-state index < -0.39 is 0 Å². The maximum absolute atomic E-state index is 11.8. The summed E-state index contributed by atoms with van der Waals surface area (Å²) in [6.45, 7) is 0.822. The Balaban J connectivity index is 1.92. The fourth-order valence-corrected chi connectivity index (χ4v) is 3.35. The van der Waals surface area contributed by atoms with E-state index in [1.807, 2.05) is 0 Å². The van der Waals surface area contributed by atoms with Crippen LogP contribution in [-0.4, -0.2) is 18.5 Å². The Morgan fingerprint density at radius 2 is 2.08 bits per heavy atom. The van der Waals surface area contributed by atoms with Gasteiger partial charge >= 0.3 is 0 Å². The predicted octanol–water partition coefficient (Wildman–Crippen LogP) is 1.53. The number of ether oxygens (including phenoxy) is 1. The zero-order valence-corrected chi connectivity index (χ0v) is 7.21. The summed E-state index contributed by atoms with van der Waals surface area (Å²) in [4.78, 5) is 11.8. The van der Waals surface area contributed by atoms with Crippen molar-refractivity contribution in [1.29, 1.82) is 0 Å². The molecule has 1 aliphatic heterocycles. The fourth-order valence-electron chi connectivity index (χ4n) is 3.35. The van der Waals surface area contributed by atoms with Crippen LogP contribution in [-0.2, 0) is 9.53 Å². The van der Waals surface area contributed by atoms with Gasteiger partial charge in [-0.25, -0.2) is 0 Å². The fraction of sp³-hybridized carbons (Fsp3) is 0.900. The van der Waals surface area contributed by atoms with E-state index in [9.17, 15) is 4.79 Å². The second kappa shape index (κ2) is 2.11. The number of fused-ring (bicyclic) bond motifs is 2. The molecule has 2 heteroatoms. The summed E-state index contributed by atoms with van der Waals surface area (Å²) in [5.74, 6) is 0.825. The van der Waals surface area contributed by atoms with Crippen LogP contribution in [0.5, 0.6) is 0 Å². The third kappa shape index (κ3) is 0.598. The van der Waals surface area contributed by atoms with Gasteiger partial charge in [0.2, 0.25) is 0 Å². The van der Waals surface area contributed by atoms with Crippen LogP contribution in [0.25, 0.3) is 0 Å². The molecule has 3 rings (SSSR count). The quantitative estimate of drug-likeness (QED) is 0.545. The van der Waals surface area contributed by atoms with Crippen molar-refractivity contribution < 1.29 is 9.53 Å². The van der Waals surface area contributed by atoms with E-state index in [-0.39, 0.29) is 5.41 Å². The van der Waals surface area contributed by atoms with Crippen LogP contribution in [0.3, 0.4) is 0 Å². The summed E-state index contributed by atoms with van der Waals surface area (Å²) >= 11 is 0. The lowest BCUT2D eigenvalue weighted by molar-refractivity contribution is -0.163. The van der Waals surface area contributed by atoms with Crippen molar-refractivity contribution in [2.45, 2.75) is 38.2 Å². The molecule has 0 amide bonds. The average molecular weight is 166 g/mol. The number of carbonyl (C=O) groups excluding carboxylic acids is 1. The maximum Gasteiger partial charge on any atom is 0.147 e. The molecule has 2 unspecified atom stereocenters. The van der Waals surface area contributed by atoms with Crippen LogP contribution in [0.2, 0.25) is 0 Å². The average Bonchev–Trinajstić information content (AvgIpc) is 2.72. The van der Waals surface area contributed by atoms with Gasteiger partial charge in [-0.1, -0.05) is 12.8 Å². The van der Waals surface area contributed by atoms with E-state index in [0.717, 1.165) is 25.9 Å².